The third-order valence-corrected chi connectivity index (χ3v) is 2.32. The molecule has 19 heavy (non-hydrogen) atoms. The van der Waals surface area contributed by atoms with Crippen LogP contribution in [-0.4, -0.2) is 37.7 Å². The van der Waals surface area contributed by atoms with Crippen LogP contribution in [0.1, 0.15) is 52.9 Å². The van der Waals surface area contributed by atoms with E-state index in [1.807, 2.05) is 20.8 Å². The minimum absolute atomic E-state index is 0.0994. The molecular weight excluding hydrogens is 246 g/mol. The summed E-state index contributed by atoms with van der Waals surface area (Å²) in [6.45, 7) is 6.84. The Kier molecular flexibility index (Phi) is 9.21. The van der Waals surface area contributed by atoms with Gasteiger partial charge in [0.25, 0.3) is 0 Å². The molecule has 5 nitrogen and oxygen atoms in total. The Hall–Kier alpha value is -1.10. The van der Waals surface area contributed by atoms with Crippen molar-refractivity contribution in [2.45, 2.75) is 58.5 Å². The summed E-state index contributed by atoms with van der Waals surface area (Å²) in [4.78, 5) is 22.9. The number of unbranched alkanes of at least 4 members (excludes halogenated alkanes) is 2. The van der Waals surface area contributed by atoms with E-state index in [1.165, 1.54) is 0 Å². The second kappa shape index (κ2) is 9.78. The first-order chi connectivity index (χ1) is 8.85. The lowest BCUT2D eigenvalue weighted by Crippen LogP contribution is -2.27. The number of hydrogen-bond donors (Lipinski definition) is 1. The first-order valence-electron chi connectivity index (χ1n) is 6.82. The van der Waals surface area contributed by atoms with Crippen LogP contribution in [0.15, 0.2) is 0 Å². The van der Waals surface area contributed by atoms with Gasteiger partial charge in [0.1, 0.15) is 5.60 Å². The Morgan fingerprint density at radius 2 is 1.74 bits per heavy atom. The van der Waals surface area contributed by atoms with Gasteiger partial charge >= 0.3 is 5.97 Å². The van der Waals surface area contributed by atoms with Crippen LogP contribution < -0.4 is 5.32 Å². The van der Waals surface area contributed by atoms with Crippen molar-refractivity contribution in [3.05, 3.63) is 0 Å². The van der Waals surface area contributed by atoms with E-state index >= 15 is 0 Å². The zero-order chi connectivity index (χ0) is 14.7. The zero-order valence-corrected chi connectivity index (χ0v) is 12.6. The van der Waals surface area contributed by atoms with Gasteiger partial charge in [-0.3, -0.25) is 9.59 Å². The molecule has 1 N–H and O–H groups in total. The summed E-state index contributed by atoms with van der Waals surface area (Å²) in [5.41, 5.74) is -0.491. The molecule has 0 aliphatic rings. The minimum Gasteiger partial charge on any atom is -0.460 e. The van der Waals surface area contributed by atoms with Crippen molar-refractivity contribution < 1.29 is 19.1 Å². The van der Waals surface area contributed by atoms with Crippen molar-refractivity contribution >= 4 is 11.9 Å². The number of ether oxygens (including phenoxy) is 2. The van der Waals surface area contributed by atoms with Crippen molar-refractivity contribution in [2.24, 2.45) is 0 Å². The highest BCUT2D eigenvalue weighted by Crippen LogP contribution is 2.08. The van der Waals surface area contributed by atoms with Crippen LogP contribution in [0.4, 0.5) is 0 Å². The smallest absolute Gasteiger partial charge is 0.306 e. The number of carbonyl (C=O) groups excluding carboxylic acids is 2. The number of carbonyl (C=O) groups is 2. The third-order valence-electron chi connectivity index (χ3n) is 2.32. The topological polar surface area (TPSA) is 64.6 Å². The van der Waals surface area contributed by atoms with E-state index in [4.69, 9.17) is 9.47 Å². The first-order valence-corrected chi connectivity index (χ1v) is 6.82. The molecule has 0 fully saturated rings. The van der Waals surface area contributed by atoms with Crippen LogP contribution in [0.25, 0.3) is 0 Å². The van der Waals surface area contributed by atoms with Gasteiger partial charge < -0.3 is 14.8 Å². The molecule has 0 rings (SSSR count). The van der Waals surface area contributed by atoms with Gasteiger partial charge in [-0.05, 0) is 40.0 Å². The van der Waals surface area contributed by atoms with Crippen LogP contribution in [0, 0.1) is 0 Å². The summed E-state index contributed by atoms with van der Waals surface area (Å²) < 4.78 is 10.1. The lowest BCUT2D eigenvalue weighted by atomic mass is 10.2. The monoisotopic (exact) mass is 273 g/mol. The SMILES string of the molecule is COCCCCCNC(=O)CCC(=O)OC(C)(C)C. The van der Waals surface area contributed by atoms with Gasteiger partial charge in [-0.15, -0.1) is 0 Å². The molecule has 0 aliphatic carbocycles. The number of rotatable bonds is 9. The second-order valence-electron chi connectivity index (χ2n) is 5.49. The fraction of sp³-hybridized carbons (Fsp3) is 0.857. The summed E-state index contributed by atoms with van der Waals surface area (Å²) in [6.07, 6.45) is 3.28. The lowest BCUT2D eigenvalue weighted by Gasteiger charge is -2.19. The Bertz CT molecular complexity index is 271. The molecule has 0 bridgehead atoms. The van der Waals surface area contributed by atoms with E-state index in [2.05, 4.69) is 5.32 Å². The predicted molar refractivity (Wildman–Crippen MR) is 73.8 cm³/mol. The van der Waals surface area contributed by atoms with Crippen molar-refractivity contribution in [3.63, 3.8) is 0 Å². The van der Waals surface area contributed by atoms with Crippen LogP contribution in [-0.2, 0) is 19.1 Å². The molecule has 5 heteroatoms. The van der Waals surface area contributed by atoms with E-state index in [-0.39, 0.29) is 24.7 Å². The van der Waals surface area contributed by atoms with Gasteiger partial charge in [0.15, 0.2) is 0 Å². The summed E-state index contributed by atoms with van der Waals surface area (Å²) in [6, 6.07) is 0. The standard InChI is InChI=1S/C14H27NO4/c1-14(2,3)19-13(17)9-8-12(16)15-10-6-5-7-11-18-4/h5-11H2,1-4H3,(H,15,16). The number of hydrogen-bond acceptors (Lipinski definition) is 4. The molecule has 0 aromatic carbocycles. The Balaban J connectivity index is 3.52. The summed E-state index contributed by atoms with van der Waals surface area (Å²) in [5, 5.41) is 2.79. The summed E-state index contributed by atoms with van der Waals surface area (Å²) >= 11 is 0. The van der Waals surface area contributed by atoms with Gasteiger partial charge in [-0.1, -0.05) is 0 Å². The molecule has 0 saturated carbocycles. The molecule has 0 unspecified atom stereocenters. The number of nitrogens with one attached hydrogen (secondary N) is 1. The normalized spacial score (nSPS) is 11.2. The van der Waals surface area contributed by atoms with Crippen molar-refractivity contribution in [1.82, 2.24) is 5.32 Å². The lowest BCUT2D eigenvalue weighted by molar-refractivity contribution is -0.155. The Morgan fingerprint density at radius 1 is 1.05 bits per heavy atom. The Labute approximate surface area is 116 Å². The molecule has 0 saturated heterocycles. The maximum atomic E-state index is 11.5. The van der Waals surface area contributed by atoms with Gasteiger partial charge in [0.2, 0.25) is 5.91 Å². The number of esters is 1. The highest BCUT2D eigenvalue weighted by atomic mass is 16.6. The average Bonchev–Trinajstić information content (AvgIpc) is 2.29. The van der Waals surface area contributed by atoms with E-state index in [1.54, 1.807) is 7.11 Å². The molecule has 0 heterocycles. The Morgan fingerprint density at radius 3 is 2.32 bits per heavy atom. The van der Waals surface area contributed by atoms with Gasteiger partial charge in [0, 0.05) is 26.7 Å². The number of amides is 1. The van der Waals surface area contributed by atoms with Gasteiger partial charge in [-0.2, -0.15) is 0 Å². The zero-order valence-electron chi connectivity index (χ0n) is 12.6. The predicted octanol–water partition coefficient (Wildman–Crippen LogP) is 2.04. The molecule has 1 amide bonds. The maximum absolute atomic E-state index is 11.5. The molecule has 112 valence electrons. The first kappa shape index (κ1) is 17.9. The number of methoxy groups -OCH3 is 1. The van der Waals surface area contributed by atoms with Crippen LogP contribution >= 0.6 is 0 Å². The van der Waals surface area contributed by atoms with E-state index in [0.717, 1.165) is 25.9 Å². The molecule has 0 atom stereocenters. The fourth-order valence-electron chi connectivity index (χ4n) is 1.47. The third kappa shape index (κ3) is 13.1. The van der Waals surface area contributed by atoms with Crippen molar-refractivity contribution in [1.29, 1.82) is 0 Å². The maximum Gasteiger partial charge on any atom is 0.306 e. The van der Waals surface area contributed by atoms with Crippen molar-refractivity contribution in [3.8, 4) is 0 Å². The van der Waals surface area contributed by atoms with Crippen LogP contribution in [0.5, 0.6) is 0 Å². The molecular formula is C14H27NO4. The summed E-state index contributed by atoms with van der Waals surface area (Å²) in [5.74, 6) is -0.430. The summed E-state index contributed by atoms with van der Waals surface area (Å²) in [7, 11) is 1.68. The van der Waals surface area contributed by atoms with Crippen molar-refractivity contribution in [2.75, 3.05) is 20.3 Å². The van der Waals surface area contributed by atoms with Gasteiger partial charge in [-0.25, -0.2) is 0 Å². The quantitative estimate of drug-likeness (QED) is 0.516. The fourth-order valence-corrected chi connectivity index (χ4v) is 1.47. The second-order valence-corrected chi connectivity index (χ2v) is 5.49. The molecule has 0 spiro atoms. The van der Waals surface area contributed by atoms with Gasteiger partial charge in [0.05, 0.1) is 6.42 Å². The van der Waals surface area contributed by atoms with Crippen LogP contribution in [0.2, 0.25) is 0 Å². The molecule has 0 aliphatic heterocycles. The molecule has 0 aromatic heterocycles. The van der Waals surface area contributed by atoms with E-state index in [0.29, 0.717) is 6.54 Å². The molecule has 0 aromatic rings. The van der Waals surface area contributed by atoms with Crippen LogP contribution in [0.3, 0.4) is 0 Å². The van der Waals surface area contributed by atoms with E-state index in [9.17, 15) is 9.59 Å². The average molecular weight is 273 g/mol. The highest BCUT2D eigenvalue weighted by molar-refractivity contribution is 5.81. The largest absolute Gasteiger partial charge is 0.460 e. The highest BCUT2D eigenvalue weighted by Gasteiger charge is 2.16. The van der Waals surface area contributed by atoms with E-state index < -0.39 is 5.60 Å². The minimum atomic E-state index is -0.491. The molecule has 0 radical (unpaired) electrons.